The van der Waals surface area contributed by atoms with Gasteiger partial charge in [-0.05, 0) is 62.1 Å². The molecule has 1 aromatic carbocycles. The molecule has 6 rings (SSSR count). The van der Waals surface area contributed by atoms with E-state index >= 15 is 4.39 Å². The summed E-state index contributed by atoms with van der Waals surface area (Å²) in [7, 11) is 6.69. The van der Waals surface area contributed by atoms with Crippen molar-refractivity contribution in [3.05, 3.63) is 73.8 Å². The molecular weight excluding hydrogens is 1220 g/mol. The molecule has 79 heavy (non-hydrogen) atoms. The molecule has 6 amide bonds. The van der Waals surface area contributed by atoms with Crippen molar-refractivity contribution in [3.63, 3.8) is 0 Å². The van der Waals surface area contributed by atoms with Gasteiger partial charge in [-0.3, -0.25) is 33.6 Å². The molecule has 0 saturated heterocycles. The molecule has 9 N–H and O–H groups in total. The molecular formula is C54H76FN10O13Pb. The van der Waals surface area contributed by atoms with Crippen LogP contribution in [0.3, 0.4) is 0 Å². The van der Waals surface area contributed by atoms with Crippen molar-refractivity contribution < 1.29 is 62.2 Å². The number of hydrogen-bond acceptors (Lipinski definition) is 15. The molecule has 2 aliphatic carbocycles. The van der Waals surface area contributed by atoms with Gasteiger partial charge in [0.25, 0.3) is 5.56 Å². The van der Waals surface area contributed by atoms with E-state index in [1.165, 1.54) is 13.1 Å². The van der Waals surface area contributed by atoms with Crippen LogP contribution in [0.2, 0.25) is 3.98 Å². The summed E-state index contributed by atoms with van der Waals surface area (Å²) >= 11 is 0.990. The summed E-state index contributed by atoms with van der Waals surface area (Å²) in [6.45, 7) is 6.18. The first-order chi connectivity index (χ1) is 37.8. The molecule has 3 aromatic rings. The fourth-order valence-corrected chi connectivity index (χ4v) is 10.4. The van der Waals surface area contributed by atoms with Crippen molar-refractivity contribution in [3.8, 4) is 11.4 Å². The smallest absolute Gasteiger partial charge is 0.480 e. The summed E-state index contributed by atoms with van der Waals surface area (Å²) in [5, 5.41) is 19.7. The molecule has 2 aromatic heterocycles. The Balaban J connectivity index is 0.000000629. The number of pyridine rings is 2. The Kier molecular flexibility index (Phi) is 31.0. The number of amides is 6. The predicted octanol–water partition coefficient (Wildman–Crippen LogP) is 1.19. The number of ether oxygens (including phenoxy) is 1. The number of nitrogens with zero attached hydrogens (tertiary/aromatic N) is 4. The van der Waals surface area contributed by atoms with Crippen molar-refractivity contribution in [2.24, 2.45) is 17.4 Å². The second-order valence-electron chi connectivity index (χ2n) is 18.6. The standard InChI is InChI=1S/C39H49FN5O5.C10H14N2O4.C3H7NO2.2CH3NO.Pb/c1-7-9-26-27(24(8-2)19-46)16-32-37-28(18-45(32)38(26)48)36-31(13-12-25-22(4)29(40)17-30(43-37)35(25)36)44(6)39(49)33(15-23-10-11-23)50-20-42-34(47)14-21(3)41-5;1-12(10(16)4-2-6-13)8-9(15)11-5-3-7-14;1-4-2-3(5)6;2*2-1-3;/h16-17,19,21,23-24,31,33,41H,3,7-15,18,20H2,1-2,4-6H3,(H,42,47);2,4,6-7H,3,5,8H2,1H3,(H,11,15);4H,2H2,1H3,(H,5,6);2*1H,(H2,2,3);/b;4-2-;;;;. The number of allylic oxidation sites excluding steroid dienone is 1. The average Bonchev–Trinajstić information content (AvgIpc) is 4.22. The zero-order valence-electron chi connectivity index (χ0n) is 46.1. The molecule has 4 atom stereocenters. The van der Waals surface area contributed by atoms with Crippen LogP contribution in [0.15, 0.2) is 29.1 Å². The molecule has 1 fully saturated rings. The zero-order chi connectivity index (χ0) is 59.4. The third-order valence-electron chi connectivity index (χ3n) is 13.2. The Bertz CT molecular complexity index is 2690. The minimum atomic E-state index is -0.822. The second kappa shape index (κ2) is 35.8. The molecule has 4 unspecified atom stereocenters. The van der Waals surface area contributed by atoms with E-state index in [1.807, 2.05) is 27.0 Å². The van der Waals surface area contributed by atoms with Crippen LogP contribution in [-0.4, -0.2) is 178 Å². The quantitative estimate of drug-likeness (QED) is 0.0161. The fourth-order valence-electron chi connectivity index (χ4n) is 9.04. The Labute approximate surface area is 475 Å². The molecule has 25 heteroatoms. The molecule has 1 aliphatic heterocycles. The number of nitrogens with one attached hydrogen (secondary N) is 4. The number of nitrogens with two attached hydrogens (primary N) is 2. The Morgan fingerprint density at radius 1 is 1.00 bits per heavy atom. The number of carboxylic acids is 1. The molecule has 0 bridgehead atoms. The van der Waals surface area contributed by atoms with Gasteiger partial charge in [-0.2, -0.15) is 0 Å². The minimum absolute atomic E-state index is 0.0417. The van der Waals surface area contributed by atoms with Gasteiger partial charge in [0, 0.05) is 54.6 Å². The van der Waals surface area contributed by atoms with Crippen molar-refractivity contribution in [2.75, 3.05) is 54.6 Å². The van der Waals surface area contributed by atoms with E-state index in [4.69, 9.17) is 24.4 Å². The SMILES string of the molecule is CCCc1c(C(C=O)CC)cc2n(c1=O)Cc1c-2nc2cc(F)c(C)c3c2c1C(N(C)C(=O)C(CC1CC1)OCNC(=O)CC([CH2][Pb])NC)CC3.CN(CC(=O)NCCC=O)C(=O)/C=C\C=O.CNCC(=O)O.NC=O.NC=O. The van der Waals surface area contributed by atoms with Gasteiger partial charge in [0.2, 0.25) is 24.6 Å². The van der Waals surface area contributed by atoms with Crippen LogP contribution in [0.5, 0.6) is 0 Å². The maximum atomic E-state index is 15.4. The predicted molar refractivity (Wildman–Crippen MR) is 294 cm³/mol. The average molecular weight is 1300 g/mol. The van der Waals surface area contributed by atoms with Crippen molar-refractivity contribution in [1.29, 1.82) is 0 Å². The van der Waals surface area contributed by atoms with Gasteiger partial charge in [0.1, 0.15) is 24.7 Å². The van der Waals surface area contributed by atoms with Crippen molar-refractivity contribution in [2.45, 2.75) is 120 Å². The maximum absolute atomic E-state index is 15.4. The van der Waals surface area contributed by atoms with E-state index in [-0.39, 0.29) is 93.3 Å². The third kappa shape index (κ3) is 20.2. The number of aldehydes is 3. The molecule has 3 heterocycles. The van der Waals surface area contributed by atoms with Crippen LogP contribution >= 0.6 is 0 Å². The number of carbonyl (C=O) groups excluding carboxylic acids is 9. The third-order valence-corrected chi connectivity index (χ3v) is 15.1. The number of carboxylic acid groups (broad SMARTS) is 1. The van der Waals surface area contributed by atoms with E-state index in [2.05, 4.69) is 32.7 Å². The van der Waals surface area contributed by atoms with Crippen LogP contribution in [0.1, 0.15) is 111 Å². The number of benzene rings is 1. The number of hydrogen-bond donors (Lipinski definition) is 7. The number of aryl methyl sites for hydroxylation is 1. The number of primary amides is 2. The van der Waals surface area contributed by atoms with Gasteiger partial charge in [-0.25, -0.2) is 9.37 Å². The van der Waals surface area contributed by atoms with Gasteiger partial charge in [-0.1, -0.05) is 20.3 Å². The minimum Gasteiger partial charge on any atom is -0.480 e. The summed E-state index contributed by atoms with van der Waals surface area (Å²) in [6.07, 6.45) is 10.3. The summed E-state index contributed by atoms with van der Waals surface area (Å²) < 4.78 is 24.3. The topological polar surface area (TPSA) is 342 Å². The van der Waals surface area contributed by atoms with Gasteiger partial charge in [0.15, 0.2) is 0 Å². The van der Waals surface area contributed by atoms with E-state index in [9.17, 15) is 43.2 Å². The Hall–Kier alpha value is -6.65. The monoisotopic (exact) mass is 1300 g/mol. The molecule has 1 saturated carbocycles. The number of fused-ring (bicyclic) bond motifs is 4. The van der Waals surface area contributed by atoms with E-state index in [1.54, 1.807) is 30.5 Å². The number of likely N-dealkylation sites (N-methyl/N-ethyl adjacent to an activating group) is 3. The number of aromatic nitrogens is 2. The molecule has 0 spiro atoms. The summed E-state index contributed by atoms with van der Waals surface area (Å²) in [5.74, 6) is -2.22. The fraction of sp³-hybridized carbons (Fsp3) is 0.519. The number of carbonyl (C=O) groups is 10. The van der Waals surface area contributed by atoms with Crippen LogP contribution < -0.4 is 38.3 Å². The van der Waals surface area contributed by atoms with Gasteiger partial charge in [0.05, 0.1) is 36.5 Å². The number of halogens is 1. The number of rotatable bonds is 25. The molecule has 23 nitrogen and oxygen atoms in total. The van der Waals surface area contributed by atoms with Crippen LogP contribution in [0.4, 0.5) is 4.39 Å². The Morgan fingerprint density at radius 2 is 1.67 bits per heavy atom. The Morgan fingerprint density at radius 3 is 2.20 bits per heavy atom. The van der Waals surface area contributed by atoms with Gasteiger partial charge in [-0.15, -0.1) is 0 Å². The van der Waals surface area contributed by atoms with Gasteiger partial charge >= 0.3 is 160 Å². The summed E-state index contributed by atoms with van der Waals surface area (Å²) in [5.41, 5.74) is 14.6. The summed E-state index contributed by atoms with van der Waals surface area (Å²) in [6, 6.07) is 3.18. The van der Waals surface area contributed by atoms with Crippen molar-refractivity contribution >= 4 is 97.9 Å². The van der Waals surface area contributed by atoms with E-state index in [0.29, 0.717) is 85.0 Å². The van der Waals surface area contributed by atoms with Crippen molar-refractivity contribution in [1.82, 2.24) is 40.6 Å². The number of aliphatic carboxylic acids is 1. The first-order valence-electron chi connectivity index (χ1n) is 25.9. The molecule has 3 aliphatic rings. The molecule has 431 valence electrons. The zero-order valence-corrected chi connectivity index (χ0v) is 50.0. The van der Waals surface area contributed by atoms with Crippen LogP contribution in [0.25, 0.3) is 22.3 Å². The summed E-state index contributed by atoms with van der Waals surface area (Å²) in [4.78, 5) is 130. The normalized spacial score (nSPS) is 14.4. The van der Waals surface area contributed by atoms with Gasteiger partial charge < -0.3 is 46.3 Å². The second-order valence-corrected chi connectivity index (χ2v) is 20.2. The van der Waals surface area contributed by atoms with E-state index in [0.717, 1.165) is 100.0 Å². The van der Waals surface area contributed by atoms with E-state index < -0.39 is 23.9 Å². The van der Waals surface area contributed by atoms with Crippen LogP contribution in [-0.2, 0) is 72.1 Å². The van der Waals surface area contributed by atoms with Crippen LogP contribution in [0, 0.1) is 18.7 Å². The first kappa shape index (κ1) is 68.5. The molecule has 3 radical (unpaired) electrons. The first-order valence-corrected chi connectivity index (χ1v) is 28.6.